The van der Waals surface area contributed by atoms with Gasteiger partial charge in [0.1, 0.15) is 11.3 Å². The third-order valence-electron chi connectivity index (χ3n) is 3.58. The average Bonchev–Trinajstić information content (AvgIpc) is 3.08. The lowest BCUT2D eigenvalue weighted by atomic mass is 10.0. The molecule has 3 aromatic rings. The Kier molecular flexibility index (Phi) is 4.20. The standard InChI is InChI=1S/C18H15NO5/c1-22-16-12-7-10-24-17(12)18(23-2)15(21)14(16)13(20)4-3-11-5-8-19-9-6-11/h3-10,21H,1-2H3/b4-3+. The minimum absolute atomic E-state index is 0.0218. The summed E-state index contributed by atoms with van der Waals surface area (Å²) in [5, 5.41) is 11.0. The van der Waals surface area contributed by atoms with Gasteiger partial charge in [0, 0.05) is 12.4 Å². The molecule has 1 N–H and O–H groups in total. The van der Waals surface area contributed by atoms with E-state index in [1.807, 2.05) is 0 Å². The molecule has 0 aliphatic heterocycles. The molecular formula is C18H15NO5. The van der Waals surface area contributed by atoms with E-state index >= 15 is 0 Å². The van der Waals surface area contributed by atoms with Gasteiger partial charge >= 0.3 is 0 Å². The number of aromatic hydroxyl groups is 1. The third-order valence-corrected chi connectivity index (χ3v) is 3.58. The van der Waals surface area contributed by atoms with Crippen molar-refractivity contribution in [3.05, 3.63) is 54.1 Å². The number of phenolic OH excluding ortho intramolecular Hbond substituents is 1. The quantitative estimate of drug-likeness (QED) is 0.571. The first-order chi connectivity index (χ1) is 11.7. The average molecular weight is 325 g/mol. The largest absolute Gasteiger partial charge is 0.504 e. The lowest BCUT2D eigenvalue weighted by Gasteiger charge is -2.12. The molecule has 0 unspecified atom stereocenters. The van der Waals surface area contributed by atoms with Crippen molar-refractivity contribution in [2.75, 3.05) is 14.2 Å². The van der Waals surface area contributed by atoms with E-state index in [9.17, 15) is 9.90 Å². The normalized spacial score (nSPS) is 11.1. The van der Waals surface area contributed by atoms with Crippen molar-refractivity contribution in [2.24, 2.45) is 0 Å². The van der Waals surface area contributed by atoms with Crippen LogP contribution in [-0.4, -0.2) is 30.1 Å². The maximum atomic E-state index is 12.6. The van der Waals surface area contributed by atoms with Gasteiger partial charge in [-0.15, -0.1) is 0 Å². The molecule has 0 aliphatic carbocycles. The van der Waals surface area contributed by atoms with Crippen molar-refractivity contribution in [1.82, 2.24) is 4.98 Å². The second-order valence-corrected chi connectivity index (χ2v) is 4.93. The Labute approximate surface area is 138 Å². The predicted molar refractivity (Wildman–Crippen MR) is 88.6 cm³/mol. The number of carbonyl (C=O) groups is 1. The maximum absolute atomic E-state index is 12.6. The van der Waals surface area contributed by atoms with Crippen LogP contribution in [0, 0.1) is 0 Å². The molecule has 0 bridgehead atoms. The number of aromatic nitrogens is 1. The Hall–Kier alpha value is -3.28. The van der Waals surface area contributed by atoms with Crippen molar-refractivity contribution < 1.29 is 23.8 Å². The van der Waals surface area contributed by atoms with Crippen molar-refractivity contribution in [3.8, 4) is 17.2 Å². The second-order valence-electron chi connectivity index (χ2n) is 4.93. The number of phenols is 1. The minimum atomic E-state index is -0.414. The van der Waals surface area contributed by atoms with Gasteiger partial charge in [-0.1, -0.05) is 6.08 Å². The summed E-state index contributed by atoms with van der Waals surface area (Å²) in [6, 6.07) is 5.18. The summed E-state index contributed by atoms with van der Waals surface area (Å²) >= 11 is 0. The molecule has 0 spiro atoms. The van der Waals surface area contributed by atoms with E-state index in [0.717, 1.165) is 5.56 Å². The van der Waals surface area contributed by atoms with E-state index in [1.54, 1.807) is 36.7 Å². The van der Waals surface area contributed by atoms with Gasteiger partial charge in [-0.2, -0.15) is 0 Å². The highest BCUT2D eigenvalue weighted by Gasteiger charge is 2.26. The van der Waals surface area contributed by atoms with Crippen LogP contribution in [0.3, 0.4) is 0 Å². The molecule has 1 aromatic carbocycles. The van der Waals surface area contributed by atoms with E-state index in [4.69, 9.17) is 13.9 Å². The number of pyridine rings is 1. The van der Waals surface area contributed by atoms with Crippen LogP contribution in [0.4, 0.5) is 0 Å². The molecule has 0 atom stereocenters. The lowest BCUT2D eigenvalue weighted by Crippen LogP contribution is -2.02. The first kappa shape index (κ1) is 15.6. The van der Waals surface area contributed by atoms with E-state index in [0.29, 0.717) is 11.0 Å². The van der Waals surface area contributed by atoms with Gasteiger partial charge in [-0.3, -0.25) is 9.78 Å². The van der Waals surface area contributed by atoms with Crippen LogP contribution in [0.25, 0.3) is 17.0 Å². The molecule has 0 fully saturated rings. The third kappa shape index (κ3) is 2.58. The number of fused-ring (bicyclic) bond motifs is 1. The Morgan fingerprint density at radius 3 is 2.54 bits per heavy atom. The number of hydrogen-bond acceptors (Lipinski definition) is 6. The van der Waals surface area contributed by atoms with Gasteiger partial charge in [0.2, 0.25) is 5.75 Å². The molecule has 0 radical (unpaired) electrons. The number of furan rings is 1. The number of ketones is 1. The van der Waals surface area contributed by atoms with Crippen LogP contribution in [0.5, 0.6) is 17.2 Å². The molecular weight excluding hydrogens is 310 g/mol. The molecule has 3 rings (SSSR count). The molecule has 0 aliphatic rings. The zero-order valence-corrected chi connectivity index (χ0v) is 13.1. The highest BCUT2D eigenvalue weighted by atomic mass is 16.5. The smallest absolute Gasteiger partial charge is 0.205 e. The molecule has 6 heteroatoms. The van der Waals surface area contributed by atoms with Gasteiger partial charge in [-0.25, -0.2) is 0 Å². The summed E-state index contributed by atoms with van der Waals surface area (Å²) in [5.41, 5.74) is 1.16. The summed E-state index contributed by atoms with van der Waals surface area (Å²) in [6.45, 7) is 0. The zero-order valence-electron chi connectivity index (χ0n) is 13.1. The second kappa shape index (κ2) is 6.45. The monoisotopic (exact) mass is 325 g/mol. The zero-order chi connectivity index (χ0) is 17.1. The topological polar surface area (TPSA) is 81.8 Å². The molecule has 24 heavy (non-hydrogen) atoms. The lowest BCUT2D eigenvalue weighted by molar-refractivity contribution is 0.104. The van der Waals surface area contributed by atoms with Crippen molar-refractivity contribution in [2.45, 2.75) is 0 Å². The van der Waals surface area contributed by atoms with Crippen LogP contribution in [0.1, 0.15) is 15.9 Å². The van der Waals surface area contributed by atoms with Gasteiger partial charge in [0.15, 0.2) is 17.1 Å². The number of rotatable bonds is 5. The summed E-state index contributed by atoms with van der Waals surface area (Å²) in [6.07, 6.45) is 7.69. The predicted octanol–water partition coefficient (Wildman–Crippen LogP) is 3.45. The Bertz CT molecular complexity index is 912. The van der Waals surface area contributed by atoms with Gasteiger partial charge in [0.25, 0.3) is 0 Å². The first-order valence-corrected chi connectivity index (χ1v) is 7.14. The number of nitrogens with zero attached hydrogens (tertiary/aromatic N) is 1. The minimum Gasteiger partial charge on any atom is -0.504 e. The SMILES string of the molecule is COc1c(C(=O)/C=C/c2ccncc2)c(O)c(OC)c2occc12. The number of hydrogen-bond donors (Lipinski definition) is 1. The number of allylic oxidation sites excluding steroid dienone is 1. The Morgan fingerprint density at radius 1 is 1.17 bits per heavy atom. The molecule has 2 heterocycles. The van der Waals surface area contributed by atoms with Crippen LogP contribution < -0.4 is 9.47 Å². The van der Waals surface area contributed by atoms with Crippen molar-refractivity contribution in [3.63, 3.8) is 0 Å². The van der Waals surface area contributed by atoms with Crippen LogP contribution >= 0.6 is 0 Å². The molecule has 6 nitrogen and oxygen atoms in total. The van der Waals surface area contributed by atoms with E-state index in [-0.39, 0.29) is 22.8 Å². The summed E-state index contributed by atoms with van der Waals surface area (Å²) in [7, 11) is 2.82. The van der Waals surface area contributed by atoms with Gasteiger partial charge < -0.3 is 19.0 Å². The summed E-state index contributed by atoms with van der Waals surface area (Å²) < 4.78 is 15.8. The highest BCUT2D eigenvalue weighted by Crippen LogP contribution is 2.45. The Balaban J connectivity index is 2.12. The van der Waals surface area contributed by atoms with Crippen molar-refractivity contribution in [1.29, 1.82) is 0 Å². The van der Waals surface area contributed by atoms with Gasteiger partial charge in [0.05, 0.1) is 25.9 Å². The molecule has 122 valence electrons. The summed E-state index contributed by atoms with van der Waals surface area (Å²) in [5.74, 6) is -0.401. The van der Waals surface area contributed by atoms with E-state index in [2.05, 4.69) is 4.98 Å². The van der Waals surface area contributed by atoms with E-state index < -0.39 is 5.78 Å². The van der Waals surface area contributed by atoms with Crippen LogP contribution in [-0.2, 0) is 0 Å². The highest BCUT2D eigenvalue weighted by molar-refractivity contribution is 6.15. The fraction of sp³-hybridized carbons (Fsp3) is 0.111. The molecule has 0 saturated heterocycles. The number of benzene rings is 1. The number of carbonyl (C=O) groups excluding carboxylic acids is 1. The number of methoxy groups -OCH3 is 2. The van der Waals surface area contributed by atoms with Gasteiger partial charge in [-0.05, 0) is 29.8 Å². The fourth-order valence-corrected chi connectivity index (χ4v) is 2.49. The Morgan fingerprint density at radius 2 is 1.88 bits per heavy atom. The number of ether oxygens (including phenoxy) is 2. The van der Waals surface area contributed by atoms with Crippen molar-refractivity contribution >= 4 is 22.8 Å². The maximum Gasteiger partial charge on any atom is 0.205 e. The molecule has 0 amide bonds. The molecule has 2 aromatic heterocycles. The molecule has 0 saturated carbocycles. The summed E-state index contributed by atoms with van der Waals surface area (Å²) in [4.78, 5) is 16.5. The van der Waals surface area contributed by atoms with Crippen LogP contribution in [0.15, 0.2) is 47.3 Å². The van der Waals surface area contributed by atoms with Crippen LogP contribution in [0.2, 0.25) is 0 Å². The van der Waals surface area contributed by atoms with E-state index in [1.165, 1.54) is 26.6 Å². The fourth-order valence-electron chi connectivity index (χ4n) is 2.49. The first-order valence-electron chi connectivity index (χ1n) is 7.14.